The lowest BCUT2D eigenvalue weighted by atomic mass is 10.1. The van der Waals surface area contributed by atoms with E-state index >= 15 is 0 Å². The molecule has 0 saturated heterocycles. The first-order chi connectivity index (χ1) is 58.0. The maximum absolute atomic E-state index is 11.3. The fourth-order valence-corrected chi connectivity index (χ4v) is 17.9. The Morgan fingerprint density at radius 2 is 0.561 bits per heavy atom. The predicted octanol–water partition coefficient (Wildman–Crippen LogP) is 21.0. The second-order valence-electron chi connectivity index (χ2n) is 31.5. The van der Waals surface area contributed by atoms with Crippen LogP contribution in [0.25, 0.3) is 48.6 Å². The summed E-state index contributed by atoms with van der Waals surface area (Å²) >= 11 is 0. The van der Waals surface area contributed by atoms with E-state index in [4.69, 9.17) is 38.4 Å². The molecule has 638 valence electrons. The molecule has 0 atom stereocenters. The molecular formula is C103H110ClO16PSi2. The van der Waals surface area contributed by atoms with Crippen LogP contribution in [0.5, 0.6) is 86.2 Å². The molecule has 0 aliphatic heterocycles. The molecule has 0 spiro atoms. The monoisotopic (exact) mass is 1720 g/mol. The molecule has 0 heterocycles. The van der Waals surface area contributed by atoms with E-state index in [1.165, 1.54) is 57.9 Å². The second-order valence-corrected chi connectivity index (χ2v) is 44.5. The number of phenolic OH excluding ortho intramolecular Hbond substituents is 10. The van der Waals surface area contributed by atoms with Crippen LogP contribution in [0.1, 0.15) is 102 Å². The van der Waals surface area contributed by atoms with Crippen LogP contribution >= 0.6 is 7.26 Å². The van der Waals surface area contributed by atoms with Gasteiger partial charge in [-0.05, 0) is 233 Å². The van der Waals surface area contributed by atoms with Crippen molar-refractivity contribution in [3.63, 3.8) is 0 Å². The van der Waals surface area contributed by atoms with Crippen molar-refractivity contribution in [3.8, 4) is 86.2 Å². The fraction of sp³-hybridized carbons (Fsp3) is 0.155. The summed E-state index contributed by atoms with van der Waals surface area (Å²) in [6.07, 6.45) is 16.4. The normalized spacial score (nSPS) is 11.3. The lowest BCUT2D eigenvalue weighted by Gasteiger charge is -2.38. The van der Waals surface area contributed by atoms with Crippen molar-refractivity contribution in [1.29, 1.82) is 0 Å². The summed E-state index contributed by atoms with van der Waals surface area (Å²) < 4.78 is 28.2. The molecule has 0 aliphatic rings. The summed E-state index contributed by atoms with van der Waals surface area (Å²) in [6.45, 7) is 22.0. The number of hydrogen-bond acceptors (Lipinski definition) is 16. The molecule has 0 radical (unpaired) electrons. The molecule has 10 N–H and O–H groups in total. The van der Waals surface area contributed by atoms with Gasteiger partial charge in [0.25, 0.3) is 0 Å². The zero-order valence-corrected chi connectivity index (χ0v) is 75.2. The number of carbonyl (C=O) groups is 1. The van der Waals surface area contributed by atoms with E-state index in [1.54, 1.807) is 124 Å². The van der Waals surface area contributed by atoms with Crippen LogP contribution in [0.15, 0.2) is 303 Å². The van der Waals surface area contributed by atoms with Gasteiger partial charge in [0.2, 0.25) is 16.6 Å². The minimum Gasteiger partial charge on any atom is -1.00 e. The molecule has 123 heavy (non-hydrogen) atoms. The maximum atomic E-state index is 11.3. The number of halogens is 1. The molecule has 0 bridgehead atoms. The standard InChI is InChI=1S/C26H24OP.C19H34O3Si2.2C15H14O3.2C14H12O3.ClH/c1-27-23-19-17-22(18-20-23)21-28(24-11-5-2-6-12-24,25-13-7-3-8-14-25)26-15-9-4-10-16-26;1-18(2,3)23(7,8)21-16-11-15(14-20)12-17(13-16)22-24(9,10)19(4,5)6;1-18-14-8-3-11(4-9-14)2-5-12-6-7-13(16)10-15(12)17;1-18-15-6-4-11(5-7-15)2-3-12-8-13(16)10-14(17)9-12;15-12-6-2-10(3-7-12)1-4-11-5-8-13(16)9-14(11)17;15-12-5-3-10(4-6-12)1-2-11-7-13(16)9-14(17)8-11;/h2-20H,21H2,1H3;11-14H,1-10H3;2*2-10,16-17H,1H3;2*1-9,15-17H;1H/q+1;;;;;;/p-1/b;;5-2-;3-2+;4-1-;2-1+;. The van der Waals surface area contributed by atoms with Gasteiger partial charge in [0.1, 0.15) is 116 Å². The molecular weight excluding hydrogens is 1620 g/mol. The quantitative estimate of drug-likeness (QED) is 0.0139. The Bertz CT molecular complexity index is 5400. The molecule has 0 unspecified atom stereocenters. The van der Waals surface area contributed by atoms with E-state index in [-0.39, 0.29) is 80.0 Å². The van der Waals surface area contributed by atoms with Gasteiger partial charge in [0.05, 0.1) is 27.5 Å². The number of ether oxygens (including phenoxy) is 3. The molecule has 0 aromatic heterocycles. The molecule has 0 saturated carbocycles. The third-order valence-electron chi connectivity index (χ3n) is 20.3. The third kappa shape index (κ3) is 30.4. The van der Waals surface area contributed by atoms with E-state index < -0.39 is 23.9 Å². The molecule has 20 heteroatoms. The number of methoxy groups -OCH3 is 3. The van der Waals surface area contributed by atoms with Gasteiger partial charge in [0.15, 0.2) is 0 Å². The van der Waals surface area contributed by atoms with E-state index in [0.717, 1.165) is 69.0 Å². The lowest BCUT2D eigenvalue weighted by molar-refractivity contribution is -0.0000429. The Kier molecular flexibility index (Phi) is 36.1. The number of rotatable bonds is 21. The van der Waals surface area contributed by atoms with Crippen LogP contribution < -0.4 is 51.4 Å². The van der Waals surface area contributed by atoms with Gasteiger partial charge in [0, 0.05) is 47.0 Å². The molecule has 0 fully saturated rings. The smallest absolute Gasteiger partial charge is 0.250 e. The minimum absolute atomic E-state index is 0. The highest BCUT2D eigenvalue weighted by atomic mass is 35.5. The van der Waals surface area contributed by atoms with Crippen LogP contribution in [-0.2, 0) is 6.16 Å². The van der Waals surface area contributed by atoms with Crippen LogP contribution in [0, 0.1) is 0 Å². The van der Waals surface area contributed by atoms with Gasteiger partial charge in [-0.2, -0.15) is 0 Å². The number of hydrogen-bond donors (Lipinski definition) is 10. The van der Waals surface area contributed by atoms with Crippen LogP contribution in [0.3, 0.4) is 0 Å². The van der Waals surface area contributed by atoms with Gasteiger partial charge >= 0.3 is 0 Å². The summed E-state index contributed by atoms with van der Waals surface area (Å²) in [5, 5.41) is 97.5. The Morgan fingerprint density at radius 3 is 0.846 bits per heavy atom. The number of benzene rings is 13. The Labute approximate surface area is 731 Å². The van der Waals surface area contributed by atoms with Crippen molar-refractivity contribution < 1.29 is 91.3 Å². The number of carbonyl (C=O) groups excluding carboxylic acids is 1. The van der Waals surface area contributed by atoms with Crippen molar-refractivity contribution >= 4 is 94.7 Å². The molecule has 13 rings (SSSR count). The van der Waals surface area contributed by atoms with Gasteiger partial charge in [-0.15, -0.1) is 0 Å². The molecule has 0 aliphatic carbocycles. The molecule has 16 nitrogen and oxygen atoms in total. The highest BCUT2D eigenvalue weighted by Gasteiger charge is 2.46. The van der Waals surface area contributed by atoms with E-state index in [0.29, 0.717) is 22.3 Å². The summed E-state index contributed by atoms with van der Waals surface area (Å²) in [5.41, 5.74) is 8.49. The maximum Gasteiger partial charge on any atom is 0.250 e. The Hall–Kier alpha value is -13.4. The van der Waals surface area contributed by atoms with Crippen LogP contribution in [0.4, 0.5) is 0 Å². The third-order valence-corrected chi connectivity index (χ3v) is 33.4. The van der Waals surface area contributed by atoms with Gasteiger partial charge in [-0.25, -0.2) is 0 Å². The van der Waals surface area contributed by atoms with E-state index in [1.807, 2.05) is 97.1 Å². The molecule has 13 aromatic rings. The Morgan fingerprint density at radius 1 is 0.285 bits per heavy atom. The SMILES string of the molecule is CC(C)(C)[Si](C)(C)Oc1cc(C=O)cc(O[Si](C)(C)C(C)(C)C)c1.COc1ccc(/C=C/c2cc(O)cc(O)c2)cc1.COc1ccc(/C=C\c2ccc(O)cc2O)cc1.COc1ccc(C[P+](c2ccccc2)(c2ccccc2)c2ccccc2)cc1.Oc1ccc(/C=C/c2cc(O)cc(O)c2)cc1.Oc1ccc(/C=C\c2ccc(O)cc2O)cc1.[Cl-]. The molecule has 0 amide bonds. The predicted molar refractivity (Wildman–Crippen MR) is 506 cm³/mol. The number of phenols is 10. The average Bonchev–Trinajstić information content (AvgIpc) is 0.749. The average molecular weight is 1730 g/mol. The summed E-state index contributed by atoms with van der Waals surface area (Å²) in [5.74, 6) is 4.72. The van der Waals surface area contributed by atoms with E-state index in [9.17, 15) is 40.5 Å². The summed E-state index contributed by atoms with van der Waals surface area (Å²) in [4.78, 5) is 11.3. The van der Waals surface area contributed by atoms with Crippen molar-refractivity contribution in [2.24, 2.45) is 0 Å². The van der Waals surface area contributed by atoms with Crippen molar-refractivity contribution in [2.45, 2.75) is 84.0 Å². The zero-order valence-electron chi connectivity index (χ0n) is 71.5. The number of aromatic hydroxyl groups is 10. The zero-order chi connectivity index (χ0) is 88.6. The highest BCUT2D eigenvalue weighted by molar-refractivity contribution is 7.95. The van der Waals surface area contributed by atoms with Crippen molar-refractivity contribution in [2.75, 3.05) is 21.3 Å². The fourth-order valence-electron chi connectivity index (χ4n) is 11.6. The topological polar surface area (TPSA) is 266 Å². The van der Waals surface area contributed by atoms with Crippen molar-refractivity contribution in [1.82, 2.24) is 0 Å². The van der Waals surface area contributed by atoms with Crippen LogP contribution in [-0.4, -0.2) is 95.3 Å². The van der Waals surface area contributed by atoms with Crippen molar-refractivity contribution in [3.05, 3.63) is 359 Å². The largest absolute Gasteiger partial charge is 1.00 e. The van der Waals surface area contributed by atoms with Gasteiger partial charge in [-0.1, -0.05) is 205 Å². The van der Waals surface area contributed by atoms with Gasteiger partial charge in [-0.3, -0.25) is 4.79 Å². The second kappa shape index (κ2) is 45.9. The minimum atomic E-state index is -1.96. The lowest BCUT2D eigenvalue weighted by Crippen LogP contribution is -3.00. The first-order valence-electron chi connectivity index (χ1n) is 39.4. The van der Waals surface area contributed by atoms with E-state index in [2.05, 4.69) is 183 Å². The van der Waals surface area contributed by atoms with Crippen LogP contribution in [0.2, 0.25) is 36.3 Å². The highest BCUT2D eigenvalue weighted by Crippen LogP contribution is 2.58. The van der Waals surface area contributed by atoms with Gasteiger partial charge < -0.3 is 86.5 Å². The summed E-state index contributed by atoms with van der Waals surface area (Å²) in [7, 11) is -0.797. The first kappa shape index (κ1) is 96.8. The first-order valence-corrected chi connectivity index (χ1v) is 47.2. The number of aldehydes is 1. The molecule has 13 aromatic carbocycles. The Balaban J connectivity index is 0.000000205. The summed E-state index contributed by atoms with van der Waals surface area (Å²) in [6, 6.07) is 93.5.